The zero-order valence-corrected chi connectivity index (χ0v) is 20.8. The second-order valence-electron chi connectivity index (χ2n) is 10.1. The number of rotatable bonds is 8. The van der Waals surface area contributed by atoms with Crippen molar-refractivity contribution < 1.29 is 14.4 Å². The molecule has 1 unspecified atom stereocenters. The third-order valence-corrected chi connectivity index (χ3v) is 7.81. The van der Waals surface area contributed by atoms with E-state index in [0.717, 1.165) is 31.4 Å². The lowest BCUT2D eigenvalue weighted by atomic mass is 9.74. The molecule has 1 atom stereocenters. The van der Waals surface area contributed by atoms with Crippen LogP contribution < -0.4 is 5.32 Å². The maximum Gasteiger partial charge on any atom is 0.325 e. The van der Waals surface area contributed by atoms with Gasteiger partial charge in [0.1, 0.15) is 11.2 Å². The molecule has 8 nitrogen and oxygen atoms in total. The number of aromatic amines is 1. The Kier molecular flexibility index (Phi) is 6.82. The molecule has 0 spiro atoms. The third-order valence-electron chi connectivity index (χ3n) is 7.81. The Balaban J connectivity index is 1.28. The van der Waals surface area contributed by atoms with Gasteiger partial charge in [-0.2, -0.15) is 5.10 Å². The highest BCUT2D eigenvalue weighted by Crippen LogP contribution is 2.40. The minimum absolute atomic E-state index is 0.0467. The predicted molar refractivity (Wildman–Crippen MR) is 135 cm³/mol. The number of carbonyl (C=O) groups excluding carboxylic acids is 3. The Morgan fingerprint density at radius 3 is 2.58 bits per heavy atom. The summed E-state index contributed by atoms with van der Waals surface area (Å²) in [7, 11) is 0. The number of urea groups is 1. The summed E-state index contributed by atoms with van der Waals surface area (Å²) in [5.74, 6) is 5.84. The van der Waals surface area contributed by atoms with E-state index in [9.17, 15) is 14.4 Å². The minimum Gasteiger partial charge on any atom is -0.337 e. The van der Waals surface area contributed by atoms with E-state index in [2.05, 4.69) is 39.5 Å². The van der Waals surface area contributed by atoms with Crippen molar-refractivity contribution in [3.05, 3.63) is 53.3 Å². The highest BCUT2D eigenvalue weighted by atomic mass is 16.2. The number of carbonyl (C=O) groups is 3. The van der Waals surface area contributed by atoms with E-state index in [-0.39, 0.29) is 30.3 Å². The lowest BCUT2D eigenvalue weighted by Gasteiger charge is -2.41. The van der Waals surface area contributed by atoms with Crippen LogP contribution in [0, 0.1) is 17.8 Å². The van der Waals surface area contributed by atoms with Crippen LogP contribution in [-0.4, -0.2) is 63.0 Å². The molecule has 188 valence electrons. The molecule has 1 aromatic heterocycles. The molecule has 3 fully saturated rings. The van der Waals surface area contributed by atoms with E-state index in [4.69, 9.17) is 0 Å². The van der Waals surface area contributed by atoms with E-state index in [0.29, 0.717) is 44.0 Å². The van der Waals surface area contributed by atoms with Crippen molar-refractivity contribution in [2.75, 3.05) is 19.6 Å². The lowest BCUT2D eigenvalue weighted by molar-refractivity contribution is -0.133. The molecule has 5 rings (SSSR count). The first-order valence-electron chi connectivity index (χ1n) is 12.9. The maximum absolute atomic E-state index is 13.7. The van der Waals surface area contributed by atoms with Gasteiger partial charge in [-0.15, -0.1) is 5.92 Å². The van der Waals surface area contributed by atoms with Crippen LogP contribution >= 0.6 is 0 Å². The summed E-state index contributed by atoms with van der Waals surface area (Å²) in [6.07, 6.45) is 5.76. The van der Waals surface area contributed by atoms with Gasteiger partial charge in [0.25, 0.3) is 11.8 Å². The second kappa shape index (κ2) is 10.2. The summed E-state index contributed by atoms with van der Waals surface area (Å²) in [6.45, 7) is 2.87. The molecule has 2 saturated heterocycles. The summed E-state index contributed by atoms with van der Waals surface area (Å²) < 4.78 is 0. The summed E-state index contributed by atoms with van der Waals surface area (Å²) in [5, 5.41) is 10.3. The van der Waals surface area contributed by atoms with E-state index in [1.54, 1.807) is 6.92 Å². The predicted octanol–water partition coefficient (Wildman–Crippen LogP) is 3.48. The molecule has 0 radical (unpaired) electrons. The number of imide groups is 1. The molecule has 1 aromatic carbocycles. The zero-order chi connectivity index (χ0) is 25.1. The zero-order valence-electron chi connectivity index (χ0n) is 20.8. The van der Waals surface area contributed by atoms with Gasteiger partial charge in [-0.3, -0.25) is 19.6 Å². The molecule has 8 heteroatoms. The number of nitrogens with zero attached hydrogens (tertiary/aromatic N) is 3. The van der Waals surface area contributed by atoms with Crippen LogP contribution in [0.5, 0.6) is 0 Å². The fourth-order valence-corrected chi connectivity index (χ4v) is 5.60. The number of benzene rings is 1. The van der Waals surface area contributed by atoms with Crippen molar-refractivity contribution >= 4 is 17.8 Å². The van der Waals surface area contributed by atoms with Crippen molar-refractivity contribution in [3.8, 4) is 11.8 Å². The topological polar surface area (TPSA) is 98.4 Å². The highest BCUT2D eigenvalue weighted by Gasteiger charge is 2.55. The van der Waals surface area contributed by atoms with E-state index < -0.39 is 5.54 Å². The average molecular weight is 488 g/mol. The van der Waals surface area contributed by atoms with Gasteiger partial charge in [0, 0.05) is 24.7 Å². The molecule has 1 aliphatic carbocycles. The molecule has 4 amide bonds. The first kappa shape index (κ1) is 24.1. The summed E-state index contributed by atoms with van der Waals surface area (Å²) >= 11 is 0. The molecule has 2 aliphatic heterocycles. The van der Waals surface area contributed by atoms with E-state index >= 15 is 0 Å². The van der Waals surface area contributed by atoms with Gasteiger partial charge in [-0.1, -0.05) is 36.3 Å². The van der Waals surface area contributed by atoms with Gasteiger partial charge in [0.2, 0.25) is 0 Å². The van der Waals surface area contributed by atoms with Crippen LogP contribution in [0.4, 0.5) is 4.79 Å². The number of nitrogens with one attached hydrogen (secondary N) is 2. The van der Waals surface area contributed by atoms with Crippen molar-refractivity contribution in [1.82, 2.24) is 25.3 Å². The number of piperidine rings is 1. The largest absolute Gasteiger partial charge is 0.337 e. The molecule has 2 N–H and O–H groups in total. The van der Waals surface area contributed by atoms with Crippen LogP contribution in [0.25, 0.3) is 0 Å². The Hall–Kier alpha value is -3.60. The lowest BCUT2D eigenvalue weighted by Crippen LogP contribution is -2.56. The smallest absolute Gasteiger partial charge is 0.325 e. The summed E-state index contributed by atoms with van der Waals surface area (Å²) in [6, 6.07) is 11.7. The number of hydrogen-bond donors (Lipinski definition) is 2. The van der Waals surface area contributed by atoms with Crippen molar-refractivity contribution in [3.63, 3.8) is 0 Å². The molecule has 1 saturated carbocycles. The summed E-state index contributed by atoms with van der Waals surface area (Å²) in [5.41, 5.74) is 1.76. The van der Waals surface area contributed by atoms with Gasteiger partial charge in [-0.05, 0) is 69.4 Å². The van der Waals surface area contributed by atoms with Crippen LogP contribution in [-0.2, 0) is 11.2 Å². The quantitative estimate of drug-likeness (QED) is 0.440. The van der Waals surface area contributed by atoms with E-state index in [1.807, 2.05) is 29.2 Å². The number of aromatic nitrogens is 2. The van der Waals surface area contributed by atoms with Crippen molar-refractivity contribution in [2.45, 2.75) is 63.3 Å². The molecule has 36 heavy (non-hydrogen) atoms. The number of aryl methyl sites for hydroxylation is 1. The van der Waals surface area contributed by atoms with Crippen LogP contribution in [0.2, 0.25) is 0 Å². The molecule has 2 aromatic rings. The second-order valence-corrected chi connectivity index (χ2v) is 10.1. The van der Waals surface area contributed by atoms with Crippen molar-refractivity contribution in [1.29, 1.82) is 0 Å². The number of likely N-dealkylation sites (tertiary alicyclic amines) is 1. The number of hydrogen-bond acceptors (Lipinski definition) is 4. The normalized spacial score (nSPS) is 22.4. The third kappa shape index (κ3) is 4.75. The van der Waals surface area contributed by atoms with Crippen molar-refractivity contribution in [2.24, 2.45) is 5.92 Å². The Morgan fingerprint density at radius 1 is 1.14 bits per heavy atom. The van der Waals surface area contributed by atoms with Crippen LogP contribution in [0.1, 0.15) is 73.1 Å². The van der Waals surface area contributed by atoms with Gasteiger partial charge >= 0.3 is 6.03 Å². The average Bonchev–Trinajstić information content (AvgIpc) is 3.58. The van der Waals surface area contributed by atoms with Crippen LogP contribution in [0.3, 0.4) is 0 Å². The maximum atomic E-state index is 13.7. The Morgan fingerprint density at radius 2 is 1.89 bits per heavy atom. The van der Waals surface area contributed by atoms with Gasteiger partial charge in [0.15, 0.2) is 0 Å². The van der Waals surface area contributed by atoms with Gasteiger partial charge in [-0.25, -0.2) is 4.79 Å². The molecule has 0 bridgehead atoms. The molecular weight excluding hydrogens is 454 g/mol. The van der Waals surface area contributed by atoms with Crippen LogP contribution in [0.15, 0.2) is 36.4 Å². The Labute approximate surface area is 211 Å². The van der Waals surface area contributed by atoms with E-state index in [1.165, 1.54) is 10.5 Å². The molecular formula is C28H33N5O3. The standard InChI is InChI=1S/C28H33N5O3/c1-2-3-16-33-26(35)28(29-27(33)36,15-7-10-20-8-5-4-6-9-20)22-13-17-32(18-14-22)25(34)24-19-23(30-31-24)21-11-12-21/h4-6,8-9,19,21-22H,7,10-18H2,1H3,(H,29,36)(H,30,31). The van der Waals surface area contributed by atoms with Gasteiger partial charge in [0.05, 0.1) is 6.54 Å². The molecule has 3 aliphatic rings. The number of amides is 4. The Bertz CT molecular complexity index is 1180. The first-order valence-corrected chi connectivity index (χ1v) is 12.9. The molecule has 3 heterocycles. The minimum atomic E-state index is -0.956. The van der Waals surface area contributed by atoms with Gasteiger partial charge < -0.3 is 10.2 Å². The highest BCUT2D eigenvalue weighted by molar-refractivity contribution is 6.07. The fourth-order valence-electron chi connectivity index (χ4n) is 5.60. The SMILES string of the molecule is CC#CCN1C(=O)NC(CCCc2ccccc2)(C2CCN(C(=O)c3cc(C4CC4)[nH]n3)CC2)C1=O. The fraction of sp³-hybridized carbons (Fsp3) is 0.500. The monoisotopic (exact) mass is 487 g/mol. The first-order chi connectivity index (χ1) is 17.5. The number of H-pyrrole nitrogens is 1. The summed E-state index contributed by atoms with van der Waals surface area (Å²) in [4.78, 5) is 42.7.